The third kappa shape index (κ3) is 6.07. The molecule has 0 saturated heterocycles. The lowest BCUT2D eigenvalue weighted by Gasteiger charge is -2.26. The third-order valence-corrected chi connectivity index (χ3v) is 7.80. The Morgan fingerprint density at radius 2 is 2.02 bits per heavy atom. The number of rotatable bonds is 10. The SMILES string of the molecule is CCn1cncc1Cn1c(CN2CC=C(c3cccc(OCc4ccc(C#N)cc4F)n3)CC2)nc2ccc(C(=O)O)cc21. The number of carboxylic acid groups (broad SMARTS) is 1. The number of hydrogen-bond donors (Lipinski definition) is 1. The second-order valence-electron chi connectivity index (χ2n) is 10.6. The first kappa shape index (κ1) is 28.8. The second kappa shape index (κ2) is 12.5. The molecule has 1 N–H and O–H groups in total. The van der Waals surface area contributed by atoms with Crippen molar-refractivity contribution in [3.63, 3.8) is 0 Å². The topological polar surface area (TPSA) is 122 Å². The Hall–Kier alpha value is -5.34. The van der Waals surface area contributed by atoms with Gasteiger partial charge in [-0.2, -0.15) is 5.26 Å². The van der Waals surface area contributed by atoms with E-state index in [4.69, 9.17) is 15.0 Å². The maximum absolute atomic E-state index is 14.3. The number of carbonyl (C=O) groups is 1. The van der Waals surface area contributed by atoms with E-state index in [2.05, 4.69) is 37.0 Å². The number of nitrogens with zero attached hydrogens (tertiary/aromatic N) is 7. The number of aromatic carboxylic acids is 1. The van der Waals surface area contributed by atoms with Crippen LogP contribution < -0.4 is 4.74 Å². The van der Waals surface area contributed by atoms with E-state index in [1.165, 1.54) is 6.07 Å². The fraction of sp³-hybridized carbons (Fsp3) is 0.242. The van der Waals surface area contributed by atoms with Crippen LogP contribution in [0.4, 0.5) is 4.39 Å². The van der Waals surface area contributed by atoms with E-state index in [0.717, 1.165) is 53.3 Å². The lowest BCUT2D eigenvalue weighted by molar-refractivity contribution is 0.0697. The molecule has 0 saturated carbocycles. The molecule has 3 aromatic heterocycles. The lowest BCUT2D eigenvalue weighted by atomic mass is 10.0. The van der Waals surface area contributed by atoms with Crippen LogP contribution in [0.25, 0.3) is 16.6 Å². The van der Waals surface area contributed by atoms with Gasteiger partial charge in [-0.3, -0.25) is 4.90 Å². The van der Waals surface area contributed by atoms with Crippen molar-refractivity contribution in [2.45, 2.75) is 39.6 Å². The van der Waals surface area contributed by atoms with Crippen LogP contribution in [0, 0.1) is 17.1 Å². The molecular formula is C33H30FN7O3. The number of ether oxygens (including phenoxy) is 1. The number of pyridine rings is 1. The highest BCUT2D eigenvalue weighted by Crippen LogP contribution is 2.26. The van der Waals surface area contributed by atoms with Crippen molar-refractivity contribution in [3.05, 3.63) is 113 Å². The summed E-state index contributed by atoms with van der Waals surface area (Å²) < 4.78 is 24.2. The fourth-order valence-corrected chi connectivity index (χ4v) is 5.38. The molecule has 4 heterocycles. The smallest absolute Gasteiger partial charge is 0.335 e. The maximum Gasteiger partial charge on any atom is 0.335 e. The molecule has 0 unspecified atom stereocenters. The van der Waals surface area contributed by atoms with Crippen LogP contribution in [0.2, 0.25) is 0 Å². The van der Waals surface area contributed by atoms with E-state index in [9.17, 15) is 14.3 Å². The first-order valence-corrected chi connectivity index (χ1v) is 14.3. The van der Waals surface area contributed by atoms with E-state index in [1.54, 1.807) is 42.7 Å². The number of benzene rings is 2. The molecule has 0 atom stereocenters. The van der Waals surface area contributed by atoms with E-state index < -0.39 is 11.8 Å². The van der Waals surface area contributed by atoms with Gasteiger partial charge in [0.25, 0.3) is 0 Å². The Morgan fingerprint density at radius 3 is 2.77 bits per heavy atom. The van der Waals surface area contributed by atoms with Gasteiger partial charge in [-0.15, -0.1) is 0 Å². The van der Waals surface area contributed by atoms with Crippen LogP contribution in [0.15, 0.2) is 73.2 Å². The Balaban J connectivity index is 1.18. The predicted octanol–water partition coefficient (Wildman–Crippen LogP) is 5.27. The molecular weight excluding hydrogens is 561 g/mol. The number of imidazole rings is 2. The van der Waals surface area contributed by atoms with Crippen LogP contribution in [0.3, 0.4) is 0 Å². The Labute approximate surface area is 253 Å². The summed E-state index contributed by atoms with van der Waals surface area (Å²) in [7, 11) is 0. The Bertz CT molecular complexity index is 1920. The highest BCUT2D eigenvalue weighted by molar-refractivity contribution is 5.92. The minimum atomic E-state index is -0.974. The van der Waals surface area contributed by atoms with Gasteiger partial charge in [0.1, 0.15) is 18.2 Å². The van der Waals surface area contributed by atoms with Crippen molar-refractivity contribution in [1.29, 1.82) is 5.26 Å². The minimum absolute atomic E-state index is 0.00875. The molecule has 0 fully saturated rings. The van der Waals surface area contributed by atoms with Gasteiger partial charge < -0.3 is 19.0 Å². The van der Waals surface area contributed by atoms with Gasteiger partial charge in [-0.05, 0) is 55.3 Å². The zero-order valence-corrected chi connectivity index (χ0v) is 24.2. The van der Waals surface area contributed by atoms with Gasteiger partial charge in [0.05, 0.1) is 59.0 Å². The molecule has 0 amide bonds. The third-order valence-electron chi connectivity index (χ3n) is 7.80. The summed E-state index contributed by atoms with van der Waals surface area (Å²) in [6, 6.07) is 16.8. The molecule has 1 aliphatic heterocycles. The molecule has 2 aromatic carbocycles. The Kier molecular flexibility index (Phi) is 8.16. The first-order chi connectivity index (χ1) is 21.4. The average molecular weight is 592 g/mol. The van der Waals surface area contributed by atoms with Gasteiger partial charge in [-0.25, -0.2) is 24.1 Å². The number of hydrogen-bond acceptors (Lipinski definition) is 7. The van der Waals surface area contributed by atoms with Crippen LogP contribution >= 0.6 is 0 Å². The number of nitriles is 1. The summed E-state index contributed by atoms with van der Waals surface area (Å²) in [6.45, 7) is 5.44. The van der Waals surface area contributed by atoms with Crippen molar-refractivity contribution in [2.75, 3.05) is 13.1 Å². The number of fused-ring (bicyclic) bond motifs is 1. The maximum atomic E-state index is 14.3. The second-order valence-corrected chi connectivity index (χ2v) is 10.6. The van der Waals surface area contributed by atoms with Gasteiger partial charge in [0, 0.05) is 37.5 Å². The first-order valence-electron chi connectivity index (χ1n) is 14.3. The number of aryl methyl sites for hydroxylation is 1. The summed E-state index contributed by atoms with van der Waals surface area (Å²) in [6.07, 6.45) is 6.55. The average Bonchev–Trinajstić information content (AvgIpc) is 3.64. The zero-order chi connectivity index (χ0) is 30.6. The van der Waals surface area contributed by atoms with Crippen molar-refractivity contribution < 1.29 is 19.0 Å². The highest BCUT2D eigenvalue weighted by Gasteiger charge is 2.20. The van der Waals surface area contributed by atoms with E-state index in [0.29, 0.717) is 31.1 Å². The van der Waals surface area contributed by atoms with Crippen molar-refractivity contribution in [1.82, 2.24) is 29.0 Å². The Morgan fingerprint density at radius 1 is 1.14 bits per heavy atom. The van der Waals surface area contributed by atoms with Crippen LogP contribution in [0.1, 0.15) is 52.0 Å². The summed E-state index contributed by atoms with van der Waals surface area (Å²) in [5.41, 5.74) is 5.30. The molecule has 0 aliphatic carbocycles. The molecule has 222 valence electrons. The molecule has 6 rings (SSSR count). The van der Waals surface area contributed by atoms with Gasteiger partial charge in [0.15, 0.2) is 0 Å². The van der Waals surface area contributed by atoms with Crippen molar-refractivity contribution in [3.8, 4) is 11.9 Å². The van der Waals surface area contributed by atoms with Crippen molar-refractivity contribution >= 4 is 22.6 Å². The molecule has 1 aliphatic rings. The summed E-state index contributed by atoms with van der Waals surface area (Å²) in [5, 5.41) is 18.5. The minimum Gasteiger partial charge on any atom is -0.478 e. The standard InChI is InChI=1S/C33H30FN7O3/c1-2-40-21-36-17-26(40)18-41-30-15-24(33(42)43)8-9-29(30)37-31(41)19-39-12-10-23(11-13-39)28-4-3-5-32(38-28)44-20-25-7-6-22(16-35)14-27(25)34/h3-10,14-15,17,21H,2,11-13,18-20H2,1H3,(H,42,43). The lowest BCUT2D eigenvalue weighted by Crippen LogP contribution is -2.29. The van der Waals surface area contributed by atoms with E-state index in [-0.39, 0.29) is 17.7 Å². The summed E-state index contributed by atoms with van der Waals surface area (Å²) in [5.74, 6) is -0.206. The summed E-state index contributed by atoms with van der Waals surface area (Å²) in [4.78, 5) is 27.9. The van der Waals surface area contributed by atoms with Crippen LogP contribution in [0.5, 0.6) is 5.88 Å². The quantitative estimate of drug-likeness (QED) is 0.233. The van der Waals surface area contributed by atoms with Crippen LogP contribution in [-0.2, 0) is 26.2 Å². The molecule has 0 bridgehead atoms. The molecule has 44 heavy (non-hydrogen) atoms. The predicted molar refractivity (Wildman–Crippen MR) is 161 cm³/mol. The number of carboxylic acids is 1. The molecule has 0 radical (unpaired) electrons. The molecule has 0 spiro atoms. The van der Waals surface area contributed by atoms with Crippen molar-refractivity contribution in [2.24, 2.45) is 0 Å². The van der Waals surface area contributed by atoms with Gasteiger partial charge in [0.2, 0.25) is 5.88 Å². The van der Waals surface area contributed by atoms with Gasteiger partial charge in [-0.1, -0.05) is 18.2 Å². The zero-order valence-electron chi connectivity index (χ0n) is 24.2. The normalized spacial score (nSPS) is 13.5. The molecule has 10 nitrogen and oxygen atoms in total. The largest absolute Gasteiger partial charge is 0.478 e. The van der Waals surface area contributed by atoms with Crippen LogP contribution in [-0.4, -0.2) is 53.2 Å². The fourth-order valence-electron chi connectivity index (χ4n) is 5.38. The van der Waals surface area contributed by atoms with E-state index in [1.807, 2.05) is 24.4 Å². The van der Waals surface area contributed by atoms with E-state index >= 15 is 0 Å². The summed E-state index contributed by atoms with van der Waals surface area (Å²) >= 11 is 0. The molecule has 11 heteroatoms. The number of aromatic nitrogens is 5. The van der Waals surface area contributed by atoms with Gasteiger partial charge >= 0.3 is 5.97 Å². The monoisotopic (exact) mass is 591 g/mol. The molecule has 5 aromatic rings. The highest BCUT2D eigenvalue weighted by atomic mass is 19.1. The number of halogens is 1.